The molecule has 0 radical (unpaired) electrons. The van der Waals surface area contributed by atoms with E-state index in [9.17, 15) is 0 Å². The van der Waals surface area contributed by atoms with Crippen molar-refractivity contribution in [3.63, 3.8) is 0 Å². The maximum absolute atomic E-state index is 3.54. The molecule has 0 aliphatic heterocycles. The van der Waals surface area contributed by atoms with Crippen LogP contribution in [0.5, 0.6) is 0 Å². The van der Waals surface area contributed by atoms with Crippen molar-refractivity contribution in [1.29, 1.82) is 0 Å². The molecular formula is C7H13Br3S2. The molecular weight excluding hydrogens is 388 g/mol. The van der Waals surface area contributed by atoms with Gasteiger partial charge in [-0.2, -0.15) is 23.5 Å². The standard InChI is InChI=1S/C7H13Br3S2/c8-1-3-11-6-7(5-10)12-4-2-9/h7H,1-6H2. The molecule has 1 atom stereocenters. The molecule has 0 rings (SSSR count). The lowest BCUT2D eigenvalue weighted by atomic mass is 10.6. The summed E-state index contributed by atoms with van der Waals surface area (Å²) in [6.07, 6.45) is 0. The third kappa shape index (κ3) is 8.73. The van der Waals surface area contributed by atoms with Crippen LogP contribution in [0, 0.1) is 0 Å². The van der Waals surface area contributed by atoms with Gasteiger partial charge in [0.1, 0.15) is 0 Å². The first-order chi connectivity index (χ1) is 5.85. The average molecular weight is 401 g/mol. The average Bonchev–Trinajstić information content (AvgIpc) is 2.11. The van der Waals surface area contributed by atoms with Crippen molar-refractivity contribution in [3.05, 3.63) is 0 Å². The van der Waals surface area contributed by atoms with Crippen LogP contribution in [0.4, 0.5) is 0 Å². The van der Waals surface area contributed by atoms with Crippen molar-refractivity contribution in [2.45, 2.75) is 5.25 Å². The Morgan fingerprint density at radius 2 is 1.67 bits per heavy atom. The summed E-state index contributed by atoms with van der Waals surface area (Å²) < 4.78 is 0. The molecule has 0 heterocycles. The second-order valence-corrected chi connectivity index (χ2v) is 6.89. The fraction of sp³-hybridized carbons (Fsp3) is 1.00. The fourth-order valence-corrected chi connectivity index (χ4v) is 4.80. The highest BCUT2D eigenvalue weighted by Crippen LogP contribution is 2.19. The summed E-state index contributed by atoms with van der Waals surface area (Å²) in [5.74, 6) is 3.69. The largest absolute Gasteiger partial charge is 0.160 e. The Balaban J connectivity index is 3.26. The Hall–Kier alpha value is 2.14. The topological polar surface area (TPSA) is 0 Å². The van der Waals surface area contributed by atoms with Crippen molar-refractivity contribution in [1.82, 2.24) is 0 Å². The molecule has 0 saturated heterocycles. The first kappa shape index (κ1) is 14.1. The second kappa shape index (κ2) is 11.2. The highest BCUT2D eigenvalue weighted by atomic mass is 79.9. The molecule has 0 aromatic heterocycles. The molecule has 0 N–H and O–H groups in total. The van der Waals surface area contributed by atoms with Crippen LogP contribution in [0.15, 0.2) is 0 Å². The van der Waals surface area contributed by atoms with Crippen LogP contribution < -0.4 is 0 Å². The van der Waals surface area contributed by atoms with Crippen molar-refractivity contribution in [2.24, 2.45) is 0 Å². The van der Waals surface area contributed by atoms with Gasteiger partial charge >= 0.3 is 0 Å². The number of halogens is 3. The first-order valence-corrected chi connectivity index (χ1v) is 9.29. The summed E-state index contributed by atoms with van der Waals surface area (Å²) >= 11 is 14.5. The third-order valence-corrected chi connectivity index (χ3v) is 6.77. The number of rotatable bonds is 8. The molecule has 0 saturated carbocycles. The molecule has 1 unspecified atom stereocenters. The summed E-state index contributed by atoms with van der Waals surface area (Å²) in [5, 5.41) is 4.09. The normalized spacial score (nSPS) is 13.2. The smallest absolute Gasteiger partial charge is 0.0235 e. The minimum Gasteiger partial charge on any atom is -0.160 e. The molecule has 0 bridgehead atoms. The lowest BCUT2D eigenvalue weighted by Gasteiger charge is -2.11. The summed E-state index contributed by atoms with van der Waals surface area (Å²) in [6.45, 7) is 0. The van der Waals surface area contributed by atoms with Gasteiger partial charge in [0.25, 0.3) is 0 Å². The molecule has 0 amide bonds. The van der Waals surface area contributed by atoms with Crippen molar-refractivity contribution >= 4 is 71.3 Å². The number of hydrogen-bond donors (Lipinski definition) is 0. The van der Waals surface area contributed by atoms with Gasteiger partial charge in [-0.15, -0.1) is 0 Å². The lowest BCUT2D eigenvalue weighted by molar-refractivity contribution is 1.16. The molecule has 12 heavy (non-hydrogen) atoms. The molecule has 0 fully saturated rings. The molecule has 0 aliphatic rings. The van der Waals surface area contributed by atoms with E-state index in [1.807, 2.05) is 23.5 Å². The maximum atomic E-state index is 3.54. The van der Waals surface area contributed by atoms with Crippen molar-refractivity contribution in [3.8, 4) is 0 Å². The molecule has 0 aliphatic carbocycles. The summed E-state index contributed by atoms with van der Waals surface area (Å²) in [4.78, 5) is 0. The van der Waals surface area contributed by atoms with Gasteiger partial charge in [-0.3, -0.25) is 0 Å². The molecule has 0 spiro atoms. The molecule has 74 valence electrons. The highest BCUT2D eigenvalue weighted by Gasteiger charge is 2.06. The summed E-state index contributed by atoms with van der Waals surface area (Å²) in [7, 11) is 0. The Morgan fingerprint density at radius 3 is 2.17 bits per heavy atom. The highest BCUT2D eigenvalue weighted by molar-refractivity contribution is 9.09. The predicted octanol–water partition coefficient (Wildman–Crippen LogP) is 4.01. The van der Waals surface area contributed by atoms with Crippen molar-refractivity contribution in [2.75, 3.05) is 33.2 Å². The Bertz CT molecular complexity index is 92.7. The van der Waals surface area contributed by atoms with Gasteiger partial charge in [0, 0.05) is 38.5 Å². The van der Waals surface area contributed by atoms with E-state index < -0.39 is 0 Å². The molecule has 0 aromatic rings. The van der Waals surface area contributed by atoms with E-state index in [4.69, 9.17) is 0 Å². The van der Waals surface area contributed by atoms with Crippen LogP contribution in [0.1, 0.15) is 0 Å². The van der Waals surface area contributed by atoms with Gasteiger partial charge in [0.15, 0.2) is 0 Å². The van der Waals surface area contributed by atoms with E-state index in [2.05, 4.69) is 47.8 Å². The Labute approximate surface area is 109 Å². The second-order valence-electron chi connectivity index (χ2n) is 2.10. The van der Waals surface area contributed by atoms with Crippen LogP contribution in [-0.2, 0) is 0 Å². The van der Waals surface area contributed by atoms with E-state index in [0.717, 1.165) is 21.2 Å². The zero-order chi connectivity index (χ0) is 9.23. The van der Waals surface area contributed by atoms with Gasteiger partial charge in [0.05, 0.1) is 0 Å². The van der Waals surface area contributed by atoms with E-state index in [1.54, 1.807) is 0 Å². The zero-order valence-electron chi connectivity index (χ0n) is 6.77. The third-order valence-electron chi connectivity index (χ3n) is 1.13. The van der Waals surface area contributed by atoms with Gasteiger partial charge in [-0.05, 0) is 0 Å². The van der Waals surface area contributed by atoms with E-state index in [0.29, 0.717) is 0 Å². The predicted molar refractivity (Wildman–Crippen MR) is 75.0 cm³/mol. The van der Waals surface area contributed by atoms with E-state index >= 15 is 0 Å². The summed E-state index contributed by atoms with van der Waals surface area (Å²) in [6, 6.07) is 0. The van der Waals surface area contributed by atoms with Gasteiger partial charge < -0.3 is 0 Å². The SMILES string of the molecule is BrCCSCC(CBr)SCCBr. The summed E-state index contributed by atoms with van der Waals surface area (Å²) in [5.41, 5.74) is 0. The number of alkyl halides is 3. The Morgan fingerprint density at radius 1 is 1.00 bits per heavy atom. The van der Waals surface area contributed by atoms with Crippen LogP contribution in [0.25, 0.3) is 0 Å². The maximum Gasteiger partial charge on any atom is 0.0235 e. The number of thioether (sulfide) groups is 2. The molecule has 0 aromatic carbocycles. The minimum atomic E-state index is 0.770. The van der Waals surface area contributed by atoms with Gasteiger partial charge in [0.2, 0.25) is 0 Å². The quantitative estimate of drug-likeness (QED) is 0.446. The Kier molecular flexibility index (Phi) is 13.2. The molecule has 5 heteroatoms. The van der Waals surface area contributed by atoms with Gasteiger partial charge in [-0.25, -0.2) is 0 Å². The van der Waals surface area contributed by atoms with Gasteiger partial charge in [-0.1, -0.05) is 47.8 Å². The molecule has 0 nitrogen and oxygen atoms in total. The lowest BCUT2D eigenvalue weighted by Crippen LogP contribution is -2.09. The van der Waals surface area contributed by atoms with Crippen LogP contribution in [-0.4, -0.2) is 38.5 Å². The van der Waals surface area contributed by atoms with Crippen LogP contribution in [0.2, 0.25) is 0 Å². The number of hydrogen-bond acceptors (Lipinski definition) is 2. The van der Waals surface area contributed by atoms with Crippen LogP contribution in [0.3, 0.4) is 0 Å². The van der Waals surface area contributed by atoms with E-state index in [-0.39, 0.29) is 0 Å². The minimum absolute atomic E-state index is 0.770. The van der Waals surface area contributed by atoms with Crippen molar-refractivity contribution < 1.29 is 0 Å². The van der Waals surface area contributed by atoms with Crippen LogP contribution >= 0.6 is 71.3 Å². The zero-order valence-corrected chi connectivity index (χ0v) is 13.2. The first-order valence-electron chi connectivity index (χ1n) is 3.72. The fourth-order valence-electron chi connectivity index (χ4n) is 0.618. The van der Waals surface area contributed by atoms with E-state index in [1.165, 1.54) is 17.3 Å². The monoisotopic (exact) mass is 398 g/mol.